The highest BCUT2D eigenvalue weighted by atomic mass is 32.2. The molecular formula is C11H12F3NOS. The summed E-state index contributed by atoms with van der Waals surface area (Å²) < 4.78 is 40.1. The molecule has 6 heteroatoms. The molecule has 0 saturated carbocycles. The van der Waals surface area contributed by atoms with Gasteiger partial charge in [0.2, 0.25) is 0 Å². The summed E-state index contributed by atoms with van der Waals surface area (Å²) in [6, 6.07) is 4.93. The standard InChI is InChI=1S/C11H12F3NOS/c1-10(2,7-16)15-17-9-5-3-4-8(6-9)11(12,13)14/h3-7,15H,1-2H3. The normalized spacial score (nSPS) is 12.5. The van der Waals surface area contributed by atoms with Gasteiger partial charge in [0.25, 0.3) is 0 Å². The van der Waals surface area contributed by atoms with E-state index in [4.69, 9.17) is 0 Å². The van der Waals surface area contributed by atoms with Crippen LogP contribution in [0.1, 0.15) is 19.4 Å². The van der Waals surface area contributed by atoms with Crippen LogP contribution in [0.5, 0.6) is 0 Å². The highest BCUT2D eigenvalue weighted by Crippen LogP contribution is 2.31. The minimum Gasteiger partial charge on any atom is -0.301 e. The second kappa shape index (κ2) is 5.10. The Bertz CT molecular complexity index is 404. The van der Waals surface area contributed by atoms with E-state index in [-0.39, 0.29) is 0 Å². The van der Waals surface area contributed by atoms with E-state index in [1.54, 1.807) is 19.9 Å². The minimum absolute atomic E-state index is 0.412. The van der Waals surface area contributed by atoms with E-state index >= 15 is 0 Å². The SMILES string of the molecule is CC(C)(C=O)NSc1cccc(C(F)(F)F)c1. The lowest BCUT2D eigenvalue weighted by atomic mass is 10.1. The van der Waals surface area contributed by atoms with Crippen molar-refractivity contribution in [1.29, 1.82) is 0 Å². The van der Waals surface area contributed by atoms with E-state index in [9.17, 15) is 18.0 Å². The Hall–Kier alpha value is -1.01. The van der Waals surface area contributed by atoms with Crippen molar-refractivity contribution >= 4 is 18.2 Å². The van der Waals surface area contributed by atoms with Crippen LogP contribution in [0.4, 0.5) is 13.2 Å². The van der Waals surface area contributed by atoms with Crippen molar-refractivity contribution in [2.24, 2.45) is 0 Å². The summed E-state index contributed by atoms with van der Waals surface area (Å²) >= 11 is 1.00. The number of rotatable bonds is 4. The largest absolute Gasteiger partial charge is 0.416 e. The molecule has 0 aliphatic carbocycles. The molecule has 0 aromatic heterocycles. The van der Waals surface area contributed by atoms with Gasteiger partial charge in [-0.25, -0.2) is 4.72 Å². The van der Waals surface area contributed by atoms with E-state index < -0.39 is 17.3 Å². The minimum atomic E-state index is -4.35. The van der Waals surface area contributed by atoms with Crippen molar-refractivity contribution in [3.05, 3.63) is 29.8 Å². The molecule has 94 valence electrons. The summed E-state index contributed by atoms with van der Waals surface area (Å²) in [5.41, 5.74) is -1.48. The number of benzene rings is 1. The molecule has 1 N–H and O–H groups in total. The highest BCUT2D eigenvalue weighted by Gasteiger charge is 2.30. The van der Waals surface area contributed by atoms with Gasteiger partial charge in [0.1, 0.15) is 6.29 Å². The van der Waals surface area contributed by atoms with Crippen LogP contribution in [0.2, 0.25) is 0 Å². The lowest BCUT2D eigenvalue weighted by Crippen LogP contribution is -2.35. The van der Waals surface area contributed by atoms with Crippen molar-refractivity contribution in [2.75, 3.05) is 0 Å². The number of alkyl halides is 3. The van der Waals surface area contributed by atoms with Crippen LogP contribution >= 0.6 is 11.9 Å². The first-order chi connectivity index (χ1) is 7.74. The fraction of sp³-hybridized carbons (Fsp3) is 0.364. The Balaban J connectivity index is 2.77. The van der Waals surface area contributed by atoms with Gasteiger partial charge in [-0.15, -0.1) is 0 Å². The number of halogens is 3. The van der Waals surface area contributed by atoms with Crippen molar-refractivity contribution in [1.82, 2.24) is 4.72 Å². The molecule has 0 atom stereocenters. The molecule has 2 nitrogen and oxygen atoms in total. The fourth-order valence-electron chi connectivity index (χ4n) is 0.950. The van der Waals surface area contributed by atoms with Crippen LogP contribution in [0.15, 0.2) is 29.2 Å². The summed E-state index contributed by atoms with van der Waals surface area (Å²) in [6.45, 7) is 3.28. The molecule has 0 aliphatic heterocycles. The van der Waals surface area contributed by atoms with Crippen LogP contribution in [-0.4, -0.2) is 11.8 Å². The molecule has 1 aromatic rings. The Morgan fingerprint density at radius 1 is 1.29 bits per heavy atom. The Labute approximate surface area is 102 Å². The number of hydrogen-bond acceptors (Lipinski definition) is 3. The zero-order valence-electron chi connectivity index (χ0n) is 9.34. The van der Waals surface area contributed by atoms with Gasteiger partial charge in [-0.05, 0) is 44.0 Å². The van der Waals surface area contributed by atoms with Gasteiger partial charge in [0, 0.05) is 4.90 Å². The smallest absolute Gasteiger partial charge is 0.301 e. The monoisotopic (exact) mass is 263 g/mol. The fourth-order valence-corrected chi connectivity index (χ4v) is 1.71. The summed E-state index contributed by atoms with van der Waals surface area (Å²) in [7, 11) is 0. The molecule has 0 spiro atoms. The van der Waals surface area contributed by atoms with E-state index in [0.717, 1.165) is 24.1 Å². The molecular weight excluding hydrogens is 251 g/mol. The number of carbonyl (C=O) groups is 1. The molecule has 0 fully saturated rings. The molecule has 0 radical (unpaired) electrons. The van der Waals surface area contributed by atoms with Crippen molar-refractivity contribution in [3.8, 4) is 0 Å². The van der Waals surface area contributed by atoms with Gasteiger partial charge >= 0.3 is 6.18 Å². The molecule has 0 heterocycles. The molecule has 0 unspecified atom stereocenters. The lowest BCUT2D eigenvalue weighted by Gasteiger charge is -2.18. The third-order valence-corrected chi connectivity index (χ3v) is 3.01. The number of nitrogens with one attached hydrogen (secondary N) is 1. The van der Waals surface area contributed by atoms with Gasteiger partial charge in [0.05, 0.1) is 11.1 Å². The molecule has 1 aromatic carbocycles. The first-order valence-electron chi connectivity index (χ1n) is 4.82. The van der Waals surface area contributed by atoms with Gasteiger partial charge in [0.15, 0.2) is 0 Å². The quantitative estimate of drug-likeness (QED) is 0.667. The maximum absolute atomic E-state index is 12.4. The van der Waals surface area contributed by atoms with Crippen molar-refractivity contribution in [2.45, 2.75) is 30.5 Å². The van der Waals surface area contributed by atoms with Crippen LogP contribution in [0, 0.1) is 0 Å². The van der Waals surface area contributed by atoms with E-state index in [2.05, 4.69) is 4.72 Å². The highest BCUT2D eigenvalue weighted by molar-refractivity contribution is 7.97. The Morgan fingerprint density at radius 2 is 1.94 bits per heavy atom. The van der Waals surface area contributed by atoms with Gasteiger partial charge < -0.3 is 4.79 Å². The maximum atomic E-state index is 12.4. The zero-order chi connectivity index (χ0) is 13.1. The summed E-state index contributed by atoms with van der Waals surface area (Å²) in [6.07, 6.45) is -3.65. The molecule has 0 amide bonds. The first-order valence-corrected chi connectivity index (χ1v) is 5.64. The lowest BCUT2D eigenvalue weighted by molar-refractivity contribution is -0.137. The summed E-state index contributed by atoms with van der Waals surface area (Å²) in [5, 5.41) is 0. The molecule has 0 bridgehead atoms. The number of carbonyl (C=O) groups excluding carboxylic acids is 1. The van der Waals surface area contributed by atoms with Crippen molar-refractivity contribution < 1.29 is 18.0 Å². The van der Waals surface area contributed by atoms with Crippen LogP contribution in [0.25, 0.3) is 0 Å². The van der Waals surface area contributed by atoms with E-state index in [1.165, 1.54) is 6.07 Å². The van der Waals surface area contributed by atoms with Crippen LogP contribution < -0.4 is 4.72 Å². The predicted molar refractivity (Wildman–Crippen MR) is 60.6 cm³/mol. The van der Waals surface area contributed by atoms with Gasteiger partial charge in [-0.1, -0.05) is 6.07 Å². The second-order valence-electron chi connectivity index (χ2n) is 4.07. The summed E-state index contributed by atoms with van der Waals surface area (Å²) in [5.74, 6) is 0. The molecule has 0 saturated heterocycles. The molecule has 17 heavy (non-hydrogen) atoms. The van der Waals surface area contributed by atoms with Gasteiger partial charge in [-0.2, -0.15) is 13.2 Å². The average molecular weight is 263 g/mol. The third kappa shape index (κ3) is 4.40. The molecule has 0 aliphatic rings. The van der Waals surface area contributed by atoms with E-state index in [0.29, 0.717) is 11.2 Å². The topological polar surface area (TPSA) is 29.1 Å². The maximum Gasteiger partial charge on any atom is 0.416 e. The van der Waals surface area contributed by atoms with Gasteiger partial charge in [-0.3, -0.25) is 0 Å². The molecule has 1 rings (SSSR count). The first kappa shape index (κ1) is 14.1. The number of hydrogen-bond donors (Lipinski definition) is 1. The van der Waals surface area contributed by atoms with Crippen LogP contribution in [-0.2, 0) is 11.0 Å². The number of aldehydes is 1. The third-order valence-electron chi connectivity index (χ3n) is 1.89. The Morgan fingerprint density at radius 3 is 2.47 bits per heavy atom. The van der Waals surface area contributed by atoms with Crippen LogP contribution in [0.3, 0.4) is 0 Å². The van der Waals surface area contributed by atoms with E-state index in [1.807, 2.05) is 0 Å². The summed E-state index contributed by atoms with van der Waals surface area (Å²) in [4.78, 5) is 11.0. The Kier molecular flexibility index (Phi) is 4.21. The van der Waals surface area contributed by atoms with Crippen molar-refractivity contribution in [3.63, 3.8) is 0 Å². The predicted octanol–water partition coefficient (Wildman–Crippen LogP) is 3.28. The average Bonchev–Trinajstić information content (AvgIpc) is 2.26. The second-order valence-corrected chi connectivity index (χ2v) is 4.95. The zero-order valence-corrected chi connectivity index (χ0v) is 10.2.